The summed E-state index contributed by atoms with van der Waals surface area (Å²) < 4.78 is 10.7. The third-order valence-electron chi connectivity index (χ3n) is 2.74. The number of hydrogen-bond donors (Lipinski definition) is 1. The molecule has 0 aliphatic rings. The molecule has 0 aliphatic carbocycles. The van der Waals surface area contributed by atoms with Crippen LogP contribution in [0.2, 0.25) is 5.02 Å². The minimum Gasteiger partial charge on any atom is -0.495 e. The molecule has 0 spiro atoms. The van der Waals surface area contributed by atoms with Crippen LogP contribution in [0, 0.1) is 0 Å². The van der Waals surface area contributed by atoms with Crippen LogP contribution >= 0.6 is 11.6 Å². The van der Waals surface area contributed by atoms with Gasteiger partial charge in [0, 0.05) is 0 Å². The van der Waals surface area contributed by atoms with Gasteiger partial charge in [-0.25, -0.2) is 0 Å². The summed E-state index contributed by atoms with van der Waals surface area (Å²) >= 11 is 6.03. The maximum absolute atomic E-state index is 6.03. The van der Waals surface area contributed by atoms with Crippen LogP contribution in [0.15, 0.2) is 41.0 Å². The fourth-order valence-electron chi connectivity index (χ4n) is 1.90. The van der Waals surface area contributed by atoms with Crippen molar-refractivity contribution in [3.05, 3.63) is 52.9 Å². The van der Waals surface area contributed by atoms with E-state index in [1.807, 2.05) is 30.3 Å². The molecule has 0 fully saturated rings. The Kier molecular flexibility index (Phi) is 4.28. The van der Waals surface area contributed by atoms with E-state index in [2.05, 4.69) is 12.2 Å². The average Bonchev–Trinajstić information content (AvgIpc) is 2.90. The molecule has 1 aromatic carbocycles. The average molecular weight is 266 g/mol. The number of halogens is 1. The molecular formula is C14H16ClNO2. The van der Waals surface area contributed by atoms with Crippen LogP contribution in [-0.2, 0) is 0 Å². The molecule has 0 bridgehead atoms. The first kappa shape index (κ1) is 13.0. The highest BCUT2D eigenvalue weighted by molar-refractivity contribution is 6.32. The second-order valence-electron chi connectivity index (χ2n) is 3.90. The summed E-state index contributed by atoms with van der Waals surface area (Å²) in [5, 5.41) is 3.99. The van der Waals surface area contributed by atoms with Crippen molar-refractivity contribution < 1.29 is 9.15 Å². The van der Waals surface area contributed by atoms with Gasteiger partial charge in [0.15, 0.2) is 0 Å². The van der Waals surface area contributed by atoms with E-state index >= 15 is 0 Å². The van der Waals surface area contributed by atoms with Gasteiger partial charge >= 0.3 is 0 Å². The Morgan fingerprint density at radius 3 is 2.83 bits per heavy atom. The molecule has 1 N–H and O–H groups in total. The Bertz CT molecular complexity index is 497. The van der Waals surface area contributed by atoms with Crippen LogP contribution in [0.3, 0.4) is 0 Å². The van der Waals surface area contributed by atoms with Crippen molar-refractivity contribution in [2.75, 3.05) is 13.7 Å². The van der Waals surface area contributed by atoms with Gasteiger partial charge in [0.25, 0.3) is 0 Å². The minimum atomic E-state index is 0.0103. The van der Waals surface area contributed by atoms with Crippen molar-refractivity contribution in [3.8, 4) is 5.75 Å². The molecule has 2 rings (SSSR count). The molecular weight excluding hydrogens is 250 g/mol. The highest BCUT2D eigenvalue weighted by Gasteiger charge is 2.17. The van der Waals surface area contributed by atoms with E-state index < -0.39 is 0 Å². The molecule has 0 saturated heterocycles. The first-order chi connectivity index (χ1) is 8.76. The van der Waals surface area contributed by atoms with E-state index in [9.17, 15) is 0 Å². The summed E-state index contributed by atoms with van der Waals surface area (Å²) in [5.41, 5.74) is 1.06. The maximum Gasteiger partial charge on any atom is 0.137 e. The number of rotatable bonds is 5. The van der Waals surface area contributed by atoms with E-state index in [-0.39, 0.29) is 6.04 Å². The van der Waals surface area contributed by atoms with Crippen molar-refractivity contribution in [3.63, 3.8) is 0 Å². The molecule has 1 unspecified atom stereocenters. The zero-order valence-corrected chi connectivity index (χ0v) is 11.2. The van der Waals surface area contributed by atoms with Crippen molar-refractivity contribution >= 4 is 11.6 Å². The third kappa shape index (κ3) is 2.68. The van der Waals surface area contributed by atoms with Gasteiger partial charge in [0.05, 0.1) is 24.4 Å². The monoisotopic (exact) mass is 265 g/mol. The lowest BCUT2D eigenvalue weighted by Gasteiger charge is -2.17. The zero-order chi connectivity index (χ0) is 13.0. The van der Waals surface area contributed by atoms with Gasteiger partial charge in [-0.1, -0.05) is 24.6 Å². The summed E-state index contributed by atoms with van der Waals surface area (Å²) in [6, 6.07) is 9.58. The molecule has 0 radical (unpaired) electrons. The van der Waals surface area contributed by atoms with Gasteiger partial charge in [-0.15, -0.1) is 0 Å². The minimum absolute atomic E-state index is 0.0103. The smallest absolute Gasteiger partial charge is 0.137 e. The van der Waals surface area contributed by atoms with E-state index in [0.717, 1.165) is 17.9 Å². The van der Waals surface area contributed by atoms with Gasteiger partial charge < -0.3 is 14.5 Å². The molecule has 2 aromatic rings. The normalized spacial score (nSPS) is 12.4. The first-order valence-corrected chi connectivity index (χ1v) is 6.24. The molecule has 18 heavy (non-hydrogen) atoms. The van der Waals surface area contributed by atoms with E-state index in [1.165, 1.54) is 0 Å². The Hall–Kier alpha value is -1.45. The largest absolute Gasteiger partial charge is 0.495 e. The maximum atomic E-state index is 6.03. The summed E-state index contributed by atoms with van der Waals surface area (Å²) in [7, 11) is 1.61. The number of benzene rings is 1. The van der Waals surface area contributed by atoms with Crippen molar-refractivity contribution in [2.45, 2.75) is 13.0 Å². The number of ether oxygens (including phenoxy) is 1. The van der Waals surface area contributed by atoms with Crippen LogP contribution in [0.1, 0.15) is 24.3 Å². The number of hydrogen-bond acceptors (Lipinski definition) is 3. The topological polar surface area (TPSA) is 34.4 Å². The Morgan fingerprint density at radius 2 is 2.22 bits per heavy atom. The zero-order valence-electron chi connectivity index (χ0n) is 10.4. The fourth-order valence-corrected chi connectivity index (χ4v) is 2.09. The second-order valence-corrected chi connectivity index (χ2v) is 4.31. The van der Waals surface area contributed by atoms with Gasteiger partial charge in [0.2, 0.25) is 0 Å². The van der Waals surface area contributed by atoms with E-state index in [0.29, 0.717) is 10.8 Å². The lowest BCUT2D eigenvalue weighted by atomic mass is 10.0. The molecule has 0 saturated carbocycles. The Morgan fingerprint density at radius 1 is 1.39 bits per heavy atom. The number of nitrogens with one attached hydrogen (secondary N) is 1. The fraction of sp³-hybridized carbons (Fsp3) is 0.286. The molecule has 3 nitrogen and oxygen atoms in total. The lowest BCUT2D eigenvalue weighted by molar-refractivity contribution is 0.412. The number of methoxy groups -OCH3 is 1. The predicted octanol–water partition coefficient (Wildman–Crippen LogP) is 3.64. The molecule has 1 aromatic heterocycles. The van der Waals surface area contributed by atoms with Crippen LogP contribution in [0.4, 0.5) is 0 Å². The highest BCUT2D eigenvalue weighted by atomic mass is 35.5. The van der Waals surface area contributed by atoms with Crippen LogP contribution in [0.25, 0.3) is 0 Å². The van der Waals surface area contributed by atoms with Crippen LogP contribution in [0.5, 0.6) is 5.75 Å². The van der Waals surface area contributed by atoms with Crippen molar-refractivity contribution in [1.82, 2.24) is 5.32 Å². The van der Waals surface area contributed by atoms with Gasteiger partial charge in [-0.3, -0.25) is 0 Å². The van der Waals surface area contributed by atoms with E-state index in [4.69, 9.17) is 20.8 Å². The van der Waals surface area contributed by atoms with Gasteiger partial charge in [-0.05, 0) is 36.4 Å². The van der Waals surface area contributed by atoms with Crippen molar-refractivity contribution in [1.29, 1.82) is 0 Å². The van der Waals surface area contributed by atoms with Gasteiger partial charge in [0.1, 0.15) is 11.5 Å². The van der Waals surface area contributed by atoms with Gasteiger partial charge in [-0.2, -0.15) is 0 Å². The molecule has 0 aliphatic heterocycles. The quantitative estimate of drug-likeness (QED) is 0.896. The molecule has 0 amide bonds. The Balaban J connectivity index is 2.36. The summed E-state index contributed by atoms with van der Waals surface area (Å²) in [4.78, 5) is 0. The van der Waals surface area contributed by atoms with E-state index in [1.54, 1.807) is 13.4 Å². The third-order valence-corrected chi connectivity index (χ3v) is 3.06. The predicted molar refractivity (Wildman–Crippen MR) is 72.2 cm³/mol. The summed E-state index contributed by atoms with van der Waals surface area (Å²) in [6.45, 7) is 2.90. The molecule has 4 heteroatoms. The number of furan rings is 1. The Labute approximate surface area is 112 Å². The summed E-state index contributed by atoms with van der Waals surface area (Å²) in [6.07, 6.45) is 1.67. The SMILES string of the molecule is CCNC(c1ccc(Cl)c(OC)c1)c1ccco1. The van der Waals surface area contributed by atoms with Crippen molar-refractivity contribution in [2.24, 2.45) is 0 Å². The molecule has 1 heterocycles. The summed E-state index contributed by atoms with van der Waals surface area (Å²) in [5.74, 6) is 1.55. The lowest BCUT2D eigenvalue weighted by Crippen LogP contribution is -2.21. The standard InChI is InChI=1S/C14H16ClNO2/c1-3-16-14(12-5-4-8-18-12)10-6-7-11(15)13(9-10)17-2/h4-9,14,16H,3H2,1-2H3. The van der Waals surface area contributed by atoms with Crippen LogP contribution in [-0.4, -0.2) is 13.7 Å². The second kappa shape index (κ2) is 5.94. The highest BCUT2D eigenvalue weighted by Crippen LogP contribution is 2.30. The molecule has 1 atom stereocenters. The first-order valence-electron chi connectivity index (χ1n) is 5.86. The molecule has 96 valence electrons. The van der Waals surface area contributed by atoms with Crippen LogP contribution < -0.4 is 10.1 Å².